The Morgan fingerprint density at radius 1 is 1.41 bits per heavy atom. The van der Waals surface area contributed by atoms with Crippen molar-refractivity contribution in [3.05, 3.63) is 56.4 Å². The Hall–Kier alpha value is -0.710. The number of hydrogen-bond donors (Lipinski definition) is 1. The van der Waals surface area contributed by atoms with E-state index in [0.717, 1.165) is 16.5 Å². The van der Waals surface area contributed by atoms with Gasteiger partial charge in [-0.3, -0.25) is 0 Å². The summed E-state index contributed by atoms with van der Waals surface area (Å²) < 4.78 is 14.8. The zero-order valence-corrected chi connectivity index (χ0v) is 11.8. The van der Waals surface area contributed by atoms with Crippen LogP contribution in [-0.4, -0.2) is 7.05 Å². The Balaban J connectivity index is 2.20. The molecule has 1 aromatic heterocycles. The van der Waals surface area contributed by atoms with Gasteiger partial charge >= 0.3 is 0 Å². The second kappa shape index (κ2) is 5.76. The van der Waals surface area contributed by atoms with Gasteiger partial charge in [-0.2, -0.15) is 0 Å². The topological polar surface area (TPSA) is 12.0 Å². The minimum atomic E-state index is -0.150. The summed E-state index contributed by atoms with van der Waals surface area (Å²) in [5.74, 6) is -0.150. The highest BCUT2D eigenvalue weighted by molar-refractivity contribution is 9.10. The first-order valence-electron chi connectivity index (χ1n) is 5.35. The van der Waals surface area contributed by atoms with Crippen molar-refractivity contribution in [2.75, 3.05) is 7.05 Å². The molecule has 1 atom stereocenters. The maximum Gasteiger partial charge on any atom is 0.127 e. The van der Waals surface area contributed by atoms with Gasteiger partial charge in [-0.1, -0.05) is 18.2 Å². The minimum absolute atomic E-state index is 0.0155. The summed E-state index contributed by atoms with van der Waals surface area (Å²) in [4.78, 5) is 1.24. The molecule has 0 bridgehead atoms. The van der Waals surface area contributed by atoms with Crippen LogP contribution in [0.15, 0.2) is 40.2 Å². The van der Waals surface area contributed by atoms with Crippen LogP contribution in [-0.2, 0) is 6.42 Å². The zero-order chi connectivity index (χ0) is 12.3. The minimum Gasteiger partial charge on any atom is -0.313 e. The van der Waals surface area contributed by atoms with Crippen LogP contribution in [0.3, 0.4) is 0 Å². The monoisotopic (exact) mass is 313 g/mol. The molecule has 0 aliphatic rings. The Bertz CT molecular complexity index is 498. The number of nitrogens with one attached hydrogen (secondary N) is 1. The summed E-state index contributed by atoms with van der Waals surface area (Å²) in [5.41, 5.74) is 0.722. The molecule has 0 aliphatic carbocycles. The van der Waals surface area contributed by atoms with Crippen molar-refractivity contribution < 1.29 is 4.39 Å². The lowest BCUT2D eigenvalue weighted by Gasteiger charge is -2.16. The van der Waals surface area contributed by atoms with Gasteiger partial charge in [0, 0.05) is 32.8 Å². The van der Waals surface area contributed by atoms with Crippen LogP contribution in [0, 0.1) is 5.82 Å². The van der Waals surface area contributed by atoms with Crippen molar-refractivity contribution >= 4 is 27.3 Å². The molecule has 0 radical (unpaired) electrons. The molecule has 0 amide bonds. The fourth-order valence-corrected chi connectivity index (χ4v) is 3.29. The molecular formula is C13H13BrFNS. The van der Waals surface area contributed by atoms with Crippen LogP contribution >= 0.6 is 27.3 Å². The SMILES string of the molecule is CNC(Cc1cc(Br)cs1)c1ccccc1F. The maximum absolute atomic E-state index is 13.7. The highest BCUT2D eigenvalue weighted by atomic mass is 79.9. The largest absolute Gasteiger partial charge is 0.313 e. The Labute approximate surface area is 113 Å². The fourth-order valence-electron chi connectivity index (χ4n) is 1.79. The molecule has 90 valence electrons. The second-order valence-electron chi connectivity index (χ2n) is 3.80. The van der Waals surface area contributed by atoms with E-state index in [4.69, 9.17) is 0 Å². The molecule has 2 aromatic rings. The van der Waals surface area contributed by atoms with Gasteiger partial charge in [0.15, 0.2) is 0 Å². The van der Waals surface area contributed by atoms with Crippen LogP contribution in [0.2, 0.25) is 0 Å². The first-order valence-corrected chi connectivity index (χ1v) is 7.02. The predicted molar refractivity (Wildman–Crippen MR) is 73.9 cm³/mol. The van der Waals surface area contributed by atoms with Gasteiger partial charge in [0.05, 0.1) is 0 Å². The third kappa shape index (κ3) is 3.15. The van der Waals surface area contributed by atoms with E-state index < -0.39 is 0 Å². The quantitative estimate of drug-likeness (QED) is 0.894. The highest BCUT2D eigenvalue weighted by Gasteiger charge is 2.14. The van der Waals surface area contributed by atoms with E-state index in [9.17, 15) is 4.39 Å². The molecular weight excluding hydrogens is 301 g/mol. The number of benzene rings is 1. The third-order valence-corrected chi connectivity index (χ3v) is 4.38. The van der Waals surface area contributed by atoms with Gasteiger partial charge in [0.2, 0.25) is 0 Å². The molecule has 4 heteroatoms. The van der Waals surface area contributed by atoms with Gasteiger partial charge in [-0.25, -0.2) is 4.39 Å². The first kappa shape index (κ1) is 12.7. The standard InChI is InChI=1S/C13H13BrFNS/c1-16-13(7-10-6-9(14)8-17-10)11-4-2-3-5-12(11)15/h2-6,8,13,16H,7H2,1H3. The van der Waals surface area contributed by atoms with E-state index in [1.807, 2.05) is 24.6 Å². The number of halogens is 2. The van der Waals surface area contributed by atoms with Crippen LogP contribution < -0.4 is 5.32 Å². The van der Waals surface area contributed by atoms with E-state index in [2.05, 4.69) is 27.3 Å². The molecule has 1 heterocycles. The summed E-state index contributed by atoms with van der Waals surface area (Å²) in [6.07, 6.45) is 0.799. The van der Waals surface area contributed by atoms with Crippen molar-refractivity contribution in [3.8, 4) is 0 Å². The van der Waals surface area contributed by atoms with Gasteiger partial charge in [0.1, 0.15) is 5.82 Å². The second-order valence-corrected chi connectivity index (χ2v) is 5.71. The van der Waals surface area contributed by atoms with E-state index in [1.165, 1.54) is 10.9 Å². The van der Waals surface area contributed by atoms with E-state index >= 15 is 0 Å². The van der Waals surface area contributed by atoms with Crippen LogP contribution in [0.1, 0.15) is 16.5 Å². The fraction of sp³-hybridized carbons (Fsp3) is 0.231. The molecule has 17 heavy (non-hydrogen) atoms. The molecule has 1 nitrogen and oxygen atoms in total. The summed E-state index contributed by atoms with van der Waals surface area (Å²) in [6.45, 7) is 0. The van der Waals surface area contributed by atoms with Gasteiger partial charge in [-0.05, 0) is 35.1 Å². The lowest BCUT2D eigenvalue weighted by molar-refractivity contribution is 0.536. The van der Waals surface area contributed by atoms with Gasteiger partial charge < -0.3 is 5.32 Å². The first-order chi connectivity index (χ1) is 8.20. The molecule has 1 N–H and O–H groups in total. The Kier molecular flexibility index (Phi) is 4.31. The zero-order valence-electron chi connectivity index (χ0n) is 9.41. The lowest BCUT2D eigenvalue weighted by Crippen LogP contribution is -2.19. The number of thiophene rings is 1. The van der Waals surface area contributed by atoms with Crippen molar-refractivity contribution in [2.24, 2.45) is 0 Å². The molecule has 1 aromatic carbocycles. The van der Waals surface area contributed by atoms with E-state index in [1.54, 1.807) is 17.4 Å². The normalized spacial score (nSPS) is 12.6. The molecule has 0 saturated heterocycles. The van der Waals surface area contributed by atoms with Crippen molar-refractivity contribution in [1.82, 2.24) is 5.32 Å². The smallest absolute Gasteiger partial charge is 0.127 e. The maximum atomic E-state index is 13.7. The predicted octanol–water partition coefficient (Wildman–Crippen LogP) is 4.15. The molecule has 0 fully saturated rings. The third-order valence-electron chi connectivity index (χ3n) is 2.66. The van der Waals surface area contributed by atoms with Crippen molar-refractivity contribution in [1.29, 1.82) is 0 Å². The van der Waals surface area contributed by atoms with Crippen LogP contribution in [0.25, 0.3) is 0 Å². The molecule has 0 spiro atoms. The van der Waals surface area contributed by atoms with E-state index in [-0.39, 0.29) is 11.9 Å². The van der Waals surface area contributed by atoms with E-state index in [0.29, 0.717) is 0 Å². The summed E-state index contributed by atoms with van der Waals surface area (Å²) in [6, 6.07) is 9.01. The lowest BCUT2D eigenvalue weighted by atomic mass is 10.0. The molecule has 0 aliphatic heterocycles. The highest BCUT2D eigenvalue weighted by Crippen LogP contribution is 2.26. The summed E-state index contributed by atoms with van der Waals surface area (Å²) in [7, 11) is 1.86. The van der Waals surface area contributed by atoms with Crippen molar-refractivity contribution in [3.63, 3.8) is 0 Å². The summed E-state index contributed by atoms with van der Waals surface area (Å²) >= 11 is 5.12. The number of hydrogen-bond acceptors (Lipinski definition) is 2. The average Bonchev–Trinajstić information content (AvgIpc) is 2.73. The van der Waals surface area contributed by atoms with Crippen LogP contribution in [0.4, 0.5) is 4.39 Å². The Morgan fingerprint density at radius 3 is 2.76 bits per heavy atom. The number of rotatable bonds is 4. The average molecular weight is 314 g/mol. The number of likely N-dealkylation sites (N-methyl/N-ethyl adjacent to an activating group) is 1. The van der Waals surface area contributed by atoms with Crippen molar-refractivity contribution in [2.45, 2.75) is 12.5 Å². The van der Waals surface area contributed by atoms with Crippen LogP contribution in [0.5, 0.6) is 0 Å². The molecule has 0 saturated carbocycles. The summed E-state index contributed by atoms with van der Waals surface area (Å²) in [5, 5.41) is 5.21. The molecule has 1 unspecified atom stereocenters. The Morgan fingerprint density at radius 2 is 2.18 bits per heavy atom. The van der Waals surface area contributed by atoms with Gasteiger partial charge in [0.25, 0.3) is 0 Å². The van der Waals surface area contributed by atoms with Gasteiger partial charge in [-0.15, -0.1) is 11.3 Å². The molecule has 2 rings (SSSR count).